The number of nitrogens with one attached hydrogen (secondary N) is 1. The van der Waals surface area contributed by atoms with Gasteiger partial charge in [-0.2, -0.15) is 0 Å². The number of aromatic nitrogens is 1. The zero-order chi connectivity index (χ0) is 10.7. The molecule has 3 nitrogen and oxygen atoms in total. The van der Waals surface area contributed by atoms with E-state index in [4.69, 9.17) is 17.3 Å². The maximum absolute atomic E-state index is 6.00. The van der Waals surface area contributed by atoms with E-state index in [0.717, 1.165) is 11.4 Å². The van der Waals surface area contributed by atoms with E-state index in [1.807, 2.05) is 30.3 Å². The van der Waals surface area contributed by atoms with E-state index in [1.54, 1.807) is 12.3 Å². The predicted molar refractivity (Wildman–Crippen MR) is 63.4 cm³/mol. The van der Waals surface area contributed by atoms with Crippen molar-refractivity contribution in [2.45, 2.75) is 0 Å². The Labute approximate surface area is 92.9 Å². The molecule has 0 amide bonds. The summed E-state index contributed by atoms with van der Waals surface area (Å²) in [5.74, 6) is 0.479. The van der Waals surface area contributed by atoms with Gasteiger partial charge in [0.15, 0.2) is 0 Å². The van der Waals surface area contributed by atoms with Crippen LogP contribution in [-0.4, -0.2) is 4.98 Å². The van der Waals surface area contributed by atoms with Crippen LogP contribution in [-0.2, 0) is 0 Å². The lowest BCUT2D eigenvalue weighted by atomic mass is 10.3. The van der Waals surface area contributed by atoms with Gasteiger partial charge in [0.1, 0.15) is 5.82 Å². The van der Waals surface area contributed by atoms with Gasteiger partial charge in [0.2, 0.25) is 0 Å². The van der Waals surface area contributed by atoms with Gasteiger partial charge < -0.3 is 11.1 Å². The summed E-state index contributed by atoms with van der Waals surface area (Å²) >= 11 is 6.00. The Bertz CT molecular complexity index is 471. The van der Waals surface area contributed by atoms with E-state index < -0.39 is 0 Å². The van der Waals surface area contributed by atoms with Crippen molar-refractivity contribution < 1.29 is 0 Å². The molecule has 2 aromatic rings. The molecule has 0 atom stereocenters. The highest BCUT2D eigenvalue weighted by atomic mass is 35.5. The molecule has 0 bridgehead atoms. The SMILES string of the molecule is Nc1cc(Nc2ccccc2Cl)ccn1. The van der Waals surface area contributed by atoms with E-state index >= 15 is 0 Å². The molecule has 0 saturated heterocycles. The van der Waals surface area contributed by atoms with Crippen LogP contribution in [0.3, 0.4) is 0 Å². The standard InChI is InChI=1S/C11H10ClN3/c12-9-3-1-2-4-10(9)15-8-5-6-14-11(13)7-8/h1-7H,(H3,13,14,15). The highest BCUT2D eigenvalue weighted by molar-refractivity contribution is 6.33. The van der Waals surface area contributed by atoms with Crippen molar-refractivity contribution in [3.05, 3.63) is 47.6 Å². The zero-order valence-electron chi connectivity index (χ0n) is 7.94. The number of rotatable bonds is 2. The molecule has 0 aliphatic heterocycles. The van der Waals surface area contributed by atoms with Gasteiger partial charge >= 0.3 is 0 Å². The van der Waals surface area contributed by atoms with Crippen molar-refractivity contribution in [1.82, 2.24) is 4.98 Å². The van der Waals surface area contributed by atoms with Crippen LogP contribution in [0, 0.1) is 0 Å². The van der Waals surface area contributed by atoms with Crippen LogP contribution in [0.5, 0.6) is 0 Å². The summed E-state index contributed by atoms with van der Waals surface area (Å²) in [5, 5.41) is 3.84. The third kappa shape index (κ3) is 2.39. The van der Waals surface area contributed by atoms with Gasteiger partial charge in [-0.15, -0.1) is 0 Å². The van der Waals surface area contributed by atoms with Crippen LogP contribution in [0.15, 0.2) is 42.6 Å². The fourth-order valence-electron chi connectivity index (χ4n) is 1.24. The summed E-state index contributed by atoms with van der Waals surface area (Å²) in [5.41, 5.74) is 7.29. The highest BCUT2D eigenvalue weighted by Crippen LogP contribution is 2.24. The van der Waals surface area contributed by atoms with Crippen LogP contribution in [0.4, 0.5) is 17.2 Å². The fourth-order valence-corrected chi connectivity index (χ4v) is 1.43. The molecule has 4 heteroatoms. The molecule has 0 aliphatic rings. The lowest BCUT2D eigenvalue weighted by molar-refractivity contribution is 1.33. The average Bonchev–Trinajstić information content (AvgIpc) is 2.22. The van der Waals surface area contributed by atoms with Crippen molar-refractivity contribution in [3.8, 4) is 0 Å². The smallest absolute Gasteiger partial charge is 0.125 e. The largest absolute Gasteiger partial charge is 0.384 e. The number of anilines is 3. The van der Waals surface area contributed by atoms with Gasteiger partial charge in [0.05, 0.1) is 10.7 Å². The summed E-state index contributed by atoms with van der Waals surface area (Å²) < 4.78 is 0. The minimum Gasteiger partial charge on any atom is -0.384 e. The number of benzene rings is 1. The van der Waals surface area contributed by atoms with Crippen molar-refractivity contribution in [2.24, 2.45) is 0 Å². The number of nitrogens with two attached hydrogens (primary N) is 1. The molecule has 3 N–H and O–H groups in total. The highest BCUT2D eigenvalue weighted by Gasteiger charge is 1.99. The molecule has 1 aromatic heterocycles. The van der Waals surface area contributed by atoms with E-state index in [1.165, 1.54) is 0 Å². The number of para-hydroxylation sites is 1. The van der Waals surface area contributed by atoms with Crippen molar-refractivity contribution >= 4 is 28.8 Å². The van der Waals surface area contributed by atoms with Crippen LogP contribution in [0.25, 0.3) is 0 Å². The van der Waals surface area contributed by atoms with Crippen molar-refractivity contribution in [2.75, 3.05) is 11.1 Å². The Hall–Kier alpha value is -1.74. The van der Waals surface area contributed by atoms with Gasteiger partial charge in [0.25, 0.3) is 0 Å². The number of hydrogen-bond acceptors (Lipinski definition) is 3. The molecule has 1 heterocycles. The Morgan fingerprint density at radius 3 is 2.73 bits per heavy atom. The topological polar surface area (TPSA) is 50.9 Å². The Morgan fingerprint density at radius 1 is 1.20 bits per heavy atom. The number of nitrogen functional groups attached to an aromatic ring is 1. The lowest BCUT2D eigenvalue weighted by Gasteiger charge is -2.07. The van der Waals surface area contributed by atoms with Gasteiger partial charge in [-0.3, -0.25) is 0 Å². The second-order valence-electron chi connectivity index (χ2n) is 3.07. The molecule has 15 heavy (non-hydrogen) atoms. The average molecular weight is 220 g/mol. The van der Waals surface area contributed by atoms with E-state index in [9.17, 15) is 0 Å². The molecule has 2 rings (SSSR count). The number of halogens is 1. The molecule has 76 valence electrons. The first kappa shape index (κ1) is 9.80. The monoisotopic (exact) mass is 219 g/mol. The number of nitrogens with zero attached hydrogens (tertiary/aromatic N) is 1. The zero-order valence-corrected chi connectivity index (χ0v) is 8.70. The molecular weight excluding hydrogens is 210 g/mol. The molecule has 0 aliphatic carbocycles. The molecule has 0 unspecified atom stereocenters. The molecule has 0 fully saturated rings. The molecule has 0 spiro atoms. The maximum atomic E-state index is 6.00. The Kier molecular flexibility index (Phi) is 2.74. The Balaban J connectivity index is 2.26. The Morgan fingerprint density at radius 2 is 2.00 bits per heavy atom. The third-order valence-electron chi connectivity index (χ3n) is 1.93. The minimum absolute atomic E-state index is 0.479. The summed E-state index contributed by atoms with van der Waals surface area (Å²) in [7, 11) is 0. The number of pyridine rings is 1. The van der Waals surface area contributed by atoms with Gasteiger partial charge in [0, 0.05) is 18.0 Å². The number of hydrogen-bond donors (Lipinski definition) is 2. The van der Waals surface area contributed by atoms with Crippen LogP contribution in [0.1, 0.15) is 0 Å². The normalized spacial score (nSPS) is 9.93. The summed E-state index contributed by atoms with van der Waals surface area (Å²) in [6.07, 6.45) is 1.65. The molecule has 1 aromatic carbocycles. The minimum atomic E-state index is 0.479. The van der Waals surface area contributed by atoms with Crippen LogP contribution in [0.2, 0.25) is 5.02 Å². The van der Waals surface area contributed by atoms with Crippen LogP contribution < -0.4 is 11.1 Å². The van der Waals surface area contributed by atoms with E-state index in [-0.39, 0.29) is 0 Å². The van der Waals surface area contributed by atoms with Crippen molar-refractivity contribution in [3.63, 3.8) is 0 Å². The second kappa shape index (κ2) is 4.19. The van der Waals surface area contributed by atoms with Gasteiger partial charge in [-0.05, 0) is 18.2 Å². The first-order chi connectivity index (χ1) is 7.25. The predicted octanol–water partition coefficient (Wildman–Crippen LogP) is 3.06. The maximum Gasteiger partial charge on any atom is 0.125 e. The lowest BCUT2D eigenvalue weighted by Crippen LogP contribution is -1.94. The molecule has 0 radical (unpaired) electrons. The summed E-state index contributed by atoms with van der Waals surface area (Å²) in [6.45, 7) is 0. The second-order valence-corrected chi connectivity index (χ2v) is 3.48. The fraction of sp³-hybridized carbons (Fsp3) is 0. The summed E-state index contributed by atoms with van der Waals surface area (Å²) in [4.78, 5) is 3.91. The van der Waals surface area contributed by atoms with Gasteiger partial charge in [-0.1, -0.05) is 23.7 Å². The van der Waals surface area contributed by atoms with E-state index in [2.05, 4.69) is 10.3 Å². The molecular formula is C11H10ClN3. The first-order valence-corrected chi connectivity index (χ1v) is 4.86. The summed E-state index contributed by atoms with van der Waals surface area (Å²) in [6, 6.07) is 11.1. The molecule has 0 saturated carbocycles. The first-order valence-electron chi connectivity index (χ1n) is 4.49. The van der Waals surface area contributed by atoms with Gasteiger partial charge in [-0.25, -0.2) is 4.98 Å². The van der Waals surface area contributed by atoms with Crippen molar-refractivity contribution in [1.29, 1.82) is 0 Å². The van der Waals surface area contributed by atoms with Crippen LogP contribution >= 0.6 is 11.6 Å². The quantitative estimate of drug-likeness (QED) is 0.816. The third-order valence-corrected chi connectivity index (χ3v) is 2.26. The van der Waals surface area contributed by atoms with E-state index in [0.29, 0.717) is 10.8 Å².